The highest BCUT2D eigenvalue weighted by Crippen LogP contribution is 2.08. The van der Waals surface area contributed by atoms with Crippen molar-refractivity contribution in [1.29, 1.82) is 0 Å². The van der Waals surface area contributed by atoms with Crippen molar-refractivity contribution in [2.45, 2.75) is 37.3 Å². The van der Waals surface area contributed by atoms with Crippen molar-refractivity contribution in [3.8, 4) is 0 Å². The minimum atomic E-state index is -3.62. The van der Waals surface area contributed by atoms with Crippen LogP contribution in [0.25, 0.3) is 0 Å². The van der Waals surface area contributed by atoms with E-state index in [1.165, 1.54) is 12.1 Å². The van der Waals surface area contributed by atoms with Crippen LogP contribution in [0.3, 0.4) is 0 Å². The molecular formula is C12H20N2O3S. The van der Waals surface area contributed by atoms with Crippen molar-refractivity contribution >= 4 is 10.0 Å². The predicted octanol–water partition coefficient (Wildman–Crippen LogP) is 0.585. The van der Waals surface area contributed by atoms with Crippen LogP contribution in [-0.4, -0.2) is 26.2 Å². The van der Waals surface area contributed by atoms with E-state index in [1.807, 2.05) is 6.92 Å². The van der Waals surface area contributed by atoms with Gasteiger partial charge in [0.15, 0.2) is 0 Å². The van der Waals surface area contributed by atoms with E-state index in [-0.39, 0.29) is 11.0 Å². The molecule has 0 saturated carbocycles. The van der Waals surface area contributed by atoms with Crippen LogP contribution in [0.5, 0.6) is 0 Å². The van der Waals surface area contributed by atoms with Gasteiger partial charge in [0, 0.05) is 13.1 Å². The van der Waals surface area contributed by atoms with Gasteiger partial charge in [-0.3, -0.25) is 0 Å². The summed E-state index contributed by atoms with van der Waals surface area (Å²) in [5, 5.41) is 17.6. The standard InChI is InChI=1S/C12H20N2O3S/c1-2-3-11(15)9-14-8-10-4-6-12(7-5-10)18(13,16)17/h4-7,11,14-15H,2-3,8-9H2,1H3,(H2,13,16,17). The summed E-state index contributed by atoms with van der Waals surface area (Å²) in [6.45, 7) is 3.14. The number of sulfonamides is 1. The Hall–Kier alpha value is -0.950. The fourth-order valence-electron chi connectivity index (χ4n) is 1.62. The van der Waals surface area contributed by atoms with Crippen LogP contribution in [0.1, 0.15) is 25.3 Å². The Balaban J connectivity index is 2.45. The van der Waals surface area contributed by atoms with Crippen LogP contribution in [0.2, 0.25) is 0 Å². The lowest BCUT2D eigenvalue weighted by Gasteiger charge is -2.10. The summed E-state index contributed by atoms with van der Waals surface area (Å²) in [6, 6.07) is 6.38. The summed E-state index contributed by atoms with van der Waals surface area (Å²) in [5.74, 6) is 0. The van der Waals surface area contributed by atoms with Gasteiger partial charge in [-0.2, -0.15) is 0 Å². The maximum Gasteiger partial charge on any atom is 0.238 e. The summed E-state index contributed by atoms with van der Waals surface area (Å²) >= 11 is 0. The molecule has 0 aliphatic carbocycles. The SMILES string of the molecule is CCCC(O)CNCc1ccc(S(N)(=O)=O)cc1. The zero-order chi connectivity index (χ0) is 13.6. The molecule has 6 heteroatoms. The molecule has 1 aromatic carbocycles. The second kappa shape index (κ2) is 6.84. The molecule has 1 rings (SSSR count). The molecule has 1 atom stereocenters. The molecule has 0 aromatic heterocycles. The maximum atomic E-state index is 11.0. The Morgan fingerprint density at radius 2 is 1.94 bits per heavy atom. The first kappa shape index (κ1) is 15.1. The van der Waals surface area contributed by atoms with E-state index < -0.39 is 10.0 Å². The number of primary sulfonamides is 1. The van der Waals surface area contributed by atoms with Crippen molar-refractivity contribution in [2.24, 2.45) is 5.14 Å². The van der Waals surface area contributed by atoms with Crippen LogP contribution in [0.15, 0.2) is 29.2 Å². The molecule has 0 aliphatic rings. The molecule has 4 N–H and O–H groups in total. The first-order chi connectivity index (χ1) is 8.43. The third-order valence-corrected chi connectivity index (χ3v) is 3.51. The van der Waals surface area contributed by atoms with E-state index in [2.05, 4.69) is 5.32 Å². The largest absolute Gasteiger partial charge is 0.392 e. The van der Waals surface area contributed by atoms with E-state index in [4.69, 9.17) is 5.14 Å². The van der Waals surface area contributed by atoms with E-state index >= 15 is 0 Å². The Labute approximate surface area is 108 Å². The predicted molar refractivity (Wildman–Crippen MR) is 70.4 cm³/mol. The first-order valence-corrected chi connectivity index (χ1v) is 7.48. The molecule has 0 aliphatic heterocycles. The number of nitrogens with two attached hydrogens (primary N) is 1. The highest BCUT2D eigenvalue weighted by atomic mass is 32.2. The van der Waals surface area contributed by atoms with Gasteiger partial charge in [0.1, 0.15) is 0 Å². The summed E-state index contributed by atoms with van der Waals surface area (Å²) in [4.78, 5) is 0.109. The number of hydrogen-bond acceptors (Lipinski definition) is 4. The van der Waals surface area contributed by atoms with Gasteiger partial charge in [0.2, 0.25) is 10.0 Å². The molecule has 1 aromatic rings. The number of rotatable bonds is 7. The third kappa shape index (κ3) is 5.14. The topological polar surface area (TPSA) is 92.4 Å². The Bertz CT molecular complexity index is 457. The third-order valence-electron chi connectivity index (χ3n) is 2.58. The fraction of sp³-hybridized carbons (Fsp3) is 0.500. The number of benzene rings is 1. The molecule has 0 spiro atoms. The zero-order valence-electron chi connectivity index (χ0n) is 10.5. The van der Waals surface area contributed by atoms with Crippen LogP contribution >= 0.6 is 0 Å². The van der Waals surface area contributed by atoms with Gasteiger partial charge in [-0.05, 0) is 24.1 Å². The molecule has 0 heterocycles. The van der Waals surface area contributed by atoms with Gasteiger partial charge in [0.25, 0.3) is 0 Å². The lowest BCUT2D eigenvalue weighted by Crippen LogP contribution is -2.26. The van der Waals surface area contributed by atoms with E-state index in [0.29, 0.717) is 13.1 Å². The first-order valence-electron chi connectivity index (χ1n) is 5.94. The molecule has 0 radical (unpaired) electrons. The molecule has 5 nitrogen and oxygen atoms in total. The normalized spacial score (nSPS) is 13.5. The Kier molecular flexibility index (Phi) is 5.74. The van der Waals surface area contributed by atoms with E-state index in [0.717, 1.165) is 18.4 Å². The average molecular weight is 272 g/mol. The monoisotopic (exact) mass is 272 g/mol. The van der Waals surface area contributed by atoms with Crippen molar-refractivity contribution in [1.82, 2.24) is 5.32 Å². The number of aliphatic hydroxyl groups is 1. The lowest BCUT2D eigenvalue weighted by molar-refractivity contribution is 0.160. The molecule has 18 heavy (non-hydrogen) atoms. The molecule has 0 saturated heterocycles. The maximum absolute atomic E-state index is 11.0. The Morgan fingerprint density at radius 1 is 1.33 bits per heavy atom. The highest BCUT2D eigenvalue weighted by Gasteiger charge is 2.06. The van der Waals surface area contributed by atoms with Gasteiger partial charge >= 0.3 is 0 Å². The van der Waals surface area contributed by atoms with Gasteiger partial charge in [-0.1, -0.05) is 25.5 Å². The highest BCUT2D eigenvalue weighted by molar-refractivity contribution is 7.89. The minimum absolute atomic E-state index is 0.109. The Morgan fingerprint density at radius 3 is 2.44 bits per heavy atom. The number of nitrogens with one attached hydrogen (secondary N) is 1. The number of aliphatic hydroxyl groups excluding tert-OH is 1. The zero-order valence-corrected chi connectivity index (χ0v) is 11.3. The van der Waals surface area contributed by atoms with Gasteiger partial charge < -0.3 is 10.4 Å². The summed E-state index contributed by atoms with van der Waals surface area (Å²) in [6.07, 6.45) is 1.39. The minimum Gasteiger partial charge on any atom is -0.392 e. The summed E-state index contributed by atoms with van der Waals surface area (Å²) in [5.41, 5.74) is 0.950. The number of hydrogen-bond donors (Lipinski definition) is 3. The van der Waals surface area contributed by atoms with Gasteiger partial charge in [-0.25, -0.2) is 13.6 Å². The molecule has 102 valence electrons. The molecule has 0 amide bonds. The van der Waals surface area contributed by atoms with Crippen molar-refractivity contribution < 1.29 is 13.5 Å². The second-order valence-corrected chi connectivity index (χ2v) is 5.82. The molecule has 1 unspecified atom stereocenters. The lowest BCUT2D eigenvalue weighted by atomic mass is 10.2. The summed E-state index contributed by atoms with van der Waals surface area (Å²) < 4.78 is 22.1. The average Bonchev–Trinajstić information content (AvgIpc) is 2.29. The summed E-state index contributed by atoms with van der Waals surface area (Å²) in [7, 11) is -3.62. The van der Waals surface area contributed by atoms with Crippen molar-refractivity contribution in [2.75, 3.05) is 6.54 Å². The molecular weight excluding hydrogens is 252 g/mol. The van der Waals surface area contributed by atoms with Gasteiger partial charge in [0.05, 0.1) is 11.0 Å². The van der Waals surface area contributed by atoms with E-state index in [1.54, 1.807) is 12.1 Å². The molecule has 0 fully saturated rings. The van der Waals surface area contributed by atoms with Crippen molar-refractivity contribution in [3.05, 3.63) is 29.8 Å². The smallest absolute Gasteiger partial charge is 0.238 e. The van der Waals surface area contributed by atoms with Crippen LogP contribution in [-0.2, 0) is 16.6 Å². The van der Waals surface area contributed by atoms with Crippen molar-refractivity contribution in [3.63, 3.8) is 0 Å². The van der Waals surface area contributed by atoms with E-state index in [9.17, 15) is 13.5 Å². The fourth-order valence-corrected chi connectivity index (χ4v) is 2.13. The molecule has 0 bridgehead atoms. The van der Waals surface area contributed by atoms with Crippen LogP contribution in [0.4, 0.5) is 0 Å². The quantitative estimate of drug-likeness (QED) is 0.677. The van der Waals surface area contributed by atoms with Crippen LogP contribution in [0, 0.1) is 0 Å². The van der Waals surface area contributed by atoms with Crippen LogP contribution < -0.4 is 10.5 Å². The van der Waals surface area contributed by atoms with Gasteiger partial charge in [-0.15, -0.1) is 0 Å². The second-order valence-electron chi connectivity index (χ2n) is 4.26.